The molecule has 0 aliphatic carbocycles. The highest BCUT2D eigenvalue weighted by Crippen LogP contribution is 2.18. The second kappa shape index (κ2) is 7.47. The Labute approximate surface area is 164 Å². The largest absolute Gasteiger partial charge is 0.347 e. The number of carbonyl (C=O) groups is 1. The molecule has 0 fully saturated rings. The van der Waals surface area contributed by atoms with E-state index in [1.165, 1.54) is 17.1 Å². The maximum atomic E-state index is 12.6. The SMILES string of the molecule is CC(C)(C)NC(=O)c1ccc(NS(=O)(=O)c2cnn(-c3ccccc3)c2)cc1. The van der Waals surface area contributed by atoms with Crippen LogP contribution in [0.25, 0.3) is 5.69 Å². The molecule has 1 heterocycles. The number of anilines is 1. The summed E-state index contributed by atoms with van der Waals surface area (Å²) in [5, 5.41) is 6.97. The van der Waals surface area contributed by atoms with Crippen molar-refractivity contribution in [3.63, 3.8) is 0 Å². The summed E-state index contributed by atoms with van der Waals surface area (Å²) in [4.78, 5) is 12.2. The molecule has 2 aromatic carbocycles. The van der Waals surface area contributed by atoms with E-state index in [9.17, 15) is 13.2 Å². The molecular weight excluding hydrogens is 376 g/mol. The summed E-state index contributed by atoms with van der Waals surface area (Å²) in [7, 11) is -3.80. The van der Waals surface area contributed by atoms with Gasteiger partial charge in [-0.2, -0.15) is 5.10 Å². The van der Waals surface area contributed by atoms with Crippen LogP contribution in [0.4, 0.5) is 5.69 Å². The van der Waals surface area contributed by atoms with E-state index in [0.717, 1.165) is 5.69 Å². The topological polar surface area (TPSA) is 93.1 Å². The summed E-state index contributed by atoms with van der Waals surface area (Å²) in [5.41, 5.74) is 1.23. The molecule has 7 nitrogen and oxygen atoms in total. The quantitative estimate of drug-likeness (QED) is 0.690. The third-order valence-corrected chi connectivity index (χ3v) is 5.11. The third kappa shape index (κ3) is 4.77. The fourth-order valence-electron chi connectivity index (χ4n) is 2.48. The number of hydrogen-bond acceptors (Lipinski definition) is 4. The van der Waals surface area contributed by atoms with E-state index in [-0.39, 0.29) is 16.3 Å². The Morgan fingerprint density at radius 2 is 1.64 bits per heavy atom. The van der Waals surface area contributed by atoms with Crippen LogP contribution in [0.3, 0.4) is 0 Å². The van der Waals surface area contributed by atoms with Crippen LogP contribution < -0.4 is 10.0 Å². The summed E-state index contributed by atoms with van der Waals surface area (Å²) in [6.45, 7) is 5.68. The zero-order chi connectivity index (χ0) is 20.4. The van der Waals surface area contributed by atoms with E-state index in [2.05, 4.69) is 15.1 Å². The number of sulfonamides is 1. The first kappa shape index (κ1) is 19.6. The molecule has 0 bridgehead atoms. The van der Waals surface area contributed by atoms with E-state index in [4.69, 9.17) is 0 Å². The summed E-state index contributed by atoms with van der Waals surface area (Å²) in [6.07, 6.45) is 2.74. The molecule has 8 heteroatoms. The number of para-hydroxylation sites is 1. The molecule has 0 radical (unpaired) electrons. The highest BCUT2D eigenvalue weighted by Gasteiger charge is 2.18. The van der Waals surface area contributed by atoms with Gasteiger partial charge in [-0.25, -0.2) is 13.1 Å². The van der Waals surface area contributed by atoms with Gasteiger partial charge in [-0.05, 0) is 57.2 Å². The van der Waals surface area contributed by atoms with Crippen molar-refractivity contribution in [1.29, 1.82) is 0 Å². The van der Waals surface area contributed by atoms with Gasteiger partial charge in [0.2, 0.25) is 0 Å². The van der Waals surface area contributed by atoms with Crippen molar-refractivity contribution in [2.75, 3.05) is 4.72 Å². The Balaban J connectivity index is 1.74. The number of carbonyl (C=O) groups excluding carboxylic acids is 1. The van der Waals surface area contributed by atoms with Crippen molar-refractivity contribution >= 4 is 21.6 Å². The van der Waals surface area contributed by atoms with Gasteiger partial charge in [0.15, 0.2) is 0 Å². The van der Waals surface area contributed by atoms with Crippen LogP contribution in [0.5, 0.6) is 0 Å². The molecule has 28 heavy (non-hydrogen) atoms. The van der Waals surface area contributed by atoms with Crippen molar-refractivity contribution in [3.8, 4) is 5.69 Å². The number of hydrogen-bond donors (Lipinski definition) is 2. The number of rotatable bonds is 5. The molecular formula is C20H22N4O3S. The smallest absolute Gasteiger partial charge is 0.265 e. The van der Waals surface area contributed by atoms with Crippen LogP contribution in [0.2, 0.25) is 0 Å². The van der Waals surface area contributed by atoms with E-state index < -0.39 is 10.0 Å². The monoisotopic (exact) mass is 398 g/mol. The molecule has 2 N–H and O–H groups in total. The van der Waals surface area contributed by atoms with Crippen molar-refractivity contribution in [2.24, 2.45) is 0 Å². The molecule has 0 unspecified atom stereocenters. The first-order valence-corrected chi connectivity index (χ1v) is 10.2. The van der Waals surface area contributed by atoms with Gasteiger partial charge < -0.3 is 5.32 Å². The van der Waals surface area contributed by atoms with E-state index in [1.807, 2.05) is 51.1 Å². The van der Waals surface area contributed by atoms with Gasteiger partial charge in [-0.15, -0.1) is 0 Å². The molecule has 0 saturated carbocycles. The Morgan fingerprint density at radius 1 is 1.00 bits per heavy atom. The fourth-order valence-corrected chi connectivity index (χ4v) is 3.47. The highest BCUT2D eigenvalue weighted by molar-refractivity contribution is 7.92. The number of benzene rings is 2. The molecule has 0 spiro atoms. The number of amides is 1. The average Bonchev–Trinajstić information content (AvgIpc) is 3.12. The van der Waals surface area contributed by atoms with Crippen LogP contribution in [-0.2, 0) is 10.0 Å². The maximum Gasteiger partial charge on any atom is 0.265 e. The predicted molar refractivity (Wildman–Crippen MR) is 108 cm³/mol. The van der Waals surface area contributed by atoms with Crippen molar-refractivity contribution in [1.82, 2.24) is 15.1 Å². The van der Waals surface area contributed by atoms with Crippen LogP contribution in [0, 0.1) is 0 Å². The van der Waals surface area contributed by atoms with E-state index in [1.54, 1.807) is 24.3 Å². The maximum absolute atomic E-state index is 12.6. The van der Waals surface area contributed by atoms with Gasteiger partial charge in [0, 0.05) is 16.8 Å². The first-order valence-electron chi connectivity index (χ1n) is 8.70. The lowest BCUT2D eigenvalue weighted by molar-refractivity contribution is 0.0919. The lowest BCUT2D eigenvalue weighted by atomic mass is 10.1. The van der Waals surface area contributed by atoms with Crippen molar-refractivity contribution < 1.29 is 13.2 Å². The Kier molecular flexibility index (Phi) is 5.24. The number of nitrogens with one attached hydrogen (secondary N) is 2. The van der Waals surface area contributed by atoms with Gasteiger partial charge in [0.05, 0.1) is 18.1 Å². The summed E-state index contributed by atoms with van der Waals surface area (Å²) >= 11 is 0. The minimum Gasteiger partial charge on any atom is -0.347 e. The van der Waals surface area contributed by atoms with Crippen LogP contribution in [0.1, 0.15) is 31.1 Å². The van der Waals surface area contributed by atoms with E-state index >= 15 is 0 Å². The van der Waals surface area contributed by atoms with Gasteiger partial charge in [-0.1, -0.05) is 18.2 Å². The molecule has 3 rings (SSSR count). The number of nitrogens with zero attached hydrogens (tertiary/aromatic N) is 2. The molecule has 0 saturated heterocycles. The fraction of sp³-hybridized carbons (Fsp3) is 0.200. The summed E-state index contributed by atoms with van der Waals surface area (Å²) in [5.74, 6) is -0.217. The van der Waals surface area contributed by atoms with Crippen molar-refractivity contribution in [2.45, 2.75) is 31.2 Å². The van der Waals surface area contributed by atoms with Crippen LogP contribution >= 0.6 is 0 Å². The minimum absolute atomic E-state index is 0.0471. The Morgan fingerprint density at radius 3 is 2.25 bits per heavy atom. The summed E-state index contributed by atoms with van der Waals surface area (Å²) < 4.78 is 29.2. The summed E-state index contributed by atoms with van der Waals surface area (Å²) in [6, 6.07) is 15.5. The van der Waals surface area contributed by atoms with Crippen LogP contribution in [0.15, 0.2) is 71.9 Å². The minimum atomic E-state index is -3.80. The lowest BCUT2D eigenvalue weighted by Gasteiger charge is -2.20. The zero-order valence-corrected chi connectivity index (χ0v) is 16.7. The average molecular weight is 398 g/mol. The van der Waals surface area contributed by atoms with Gasteiger partial charge in [-0.3, -0.25) is 9.52 Å². The molecule has 0 aliphatic rings. The Bertz CT molecular complexity index is 1070. The molecule has 0 aliphatic heterocycles. The number of aromatic nitrogens is 2. The second-order valence-corrected chi connectivity index (χ2v) is 9.03. The molecule has 1 amide bonds. The third-order valence-electron chi connectivity index (χ3n) is 3.78. The predicted octanol–water partition coefficient (Wildman–Crippen LogP) is 3.20. The first-order chi connectivity index (χ1) is 13.1. The lowest BCUT2D eigenvalue weighted by Crippen LogP contribution is -2.40. The van der Waals surface area contributed by atoms with Crippen LogP contribution in [-0.4, -0.2) is 29.6 Å². The standard InChI is InChI=1S/C20H22N4O3S/c1-20(2,3)22-19(25)15-9-11-16(12-10-15)23-28(26,27)18-13-21-24(14-18)17-7-5-4-6-8-17/h4-14,23H,1-3H3,(H,22,25). The zero-order valence-electron chi connectivity index (χ0n) is 15.9. The Hall–Kier alpha value is -3.13. The van der Waals surface area contributed by atoms with Crippen molar-refractivity contribution in [3.05, 3.63) is 72.6 Å². The van der Waals surface area contributed by atoms with E-state index in [0.29, 0.717) is 11.3 Å². The highest BCUT2D eigenvalue weighted by atomic mass is 32.2. The second-order valence-electron chi connectivity index (χ2n) is 7.34. The molecule has 146 valence electrons. The molecule has 3 aromatic rings. The van der Waals surface area contributed by atoms with Gasteiger partial charge >= 0.3 is 0 Å². The molecule has 0 atom stereocenters. The normalized spacial score (nSPS) is 11.8. The van der Waals surface area contributed by atoms with Gasteiger partial charge in [0.1, 0.15) is 4.90 Å². The van der Waals surface area contributed by atoms with Gasteiger partial charge in [0.25, 0.3) is 15.9 Å². The molecule has 1 aromatic heterocycles.